The van der Waals surface area contributed by atoms with Gasteiger partial charge in [0.25, 0.3) is 11.8 Å². The average molecular weight is 440 g/mol. The second kappa shape index (κ2) is 8.61. The molecule has 3 heterocycles. The van der Waals surface area contributed by atoms with E-state index in [-0.39, 0.29) is 17.9 Å². The van der Waals surface area contributed by atoms with Gasteiger partial charge >= 0.3 is 0 Å². The molecule has 2 amide bonds. The van der Waals surface area contributed by atoms with Crippen molar-refractivity contribution in [3.63, 3.8) is 0 Å². The Kier molecular flexibility index (Phi) is 5.69. The highest BCUT2D eigenvalue weighted by atomic mass is 35.5. The molecule has 162 valence electrons. The molecule has 0 spiro atoms. The predicted octanol–water partition coefficient (Wildman–Crippen LogP) is 3.44. The number of hydrogen-bond donors (Lipinski definition) is 0. The number of nitrogens with zero attached hydrogens (tertiary/aromatic N) is 3. The van der Waals surface area contributed by atoms with Gasteiger partial charge < -0.3 is 9.64 Å². The fourth-order valence-electron chi connectivity index (χ4n) is 4.73. The lowest BCUT2D eigenvalue weighted by atomic mass is 10.1. The van der Waals surface area contributed by atoms with Crippen LogP contribution in [0.25, 0.3) is 0 Å². The molecule has 0 saturated carbocycles. The van der Waals surface area contributed by atoms with E-state index < -0.39 is 0 Å². The van der Waals surface area contributed by atoms with Gasteiger partial charge in [0.2, 0.25) is 0 Å². The van der Waals surface area contributed by atoms with Crippen LogP contribution in [0.4, 0.5) is 5.69 Å². The Bertz CT molecular complexity index is 980. The number of hydrogen-bond acceptors (Lipinski definition) is 5. The summed E-state index contributed by atoms with van der Waals surface area (Å²) in [5, 5.41) is 0.749. The summed E-state index contributed by atoms with van der Waals surface area (Å²) in [6, 6.07) is 13.6. The van der Waals surface area contributed by atoms with Crippen LogP contribution in [0.3, 0.4) is 0 Å². The maximum atomic E-state index is 13.2. The van der Waals surface area contributed by atoms with Gasteiger partial charge in [0, 0.05) is 44.4 Å². The number of benzene rings is 2. The minimum absolute atomic E-state index is 0.0397. The maximum Gasteiger partial charge on any atom is 0.263 e. The van der Waals surface area contributed by atoms with Crippen LogP contribution >= 0.6 is 11.6 Å². The van der Waals surface area contributed by atoms with Gasteiger partial charge in [-0.15, -0.1) is 0 Å². The van der Waals surface area contributed by atoms with E-state index in [9.17, 15) is 9.59 Å². The number of ether oxygens (including phenoxy) is 1. The molecule has 0 bridgehead atoms. The zero-order valence-corrected chi connectivity index (χ0v) is 18.2. The molecule has 0 aromatic heterocycles. The number of piperazine rings is 1. The molecular formula is C24H26ClN3O3. The summed E-state index contributed by atoms with van der Waals surface area (Å²) >= 11 is 5.99. The van der Waals surface area contributed by atoms with Crippen molar-refractivity contribution in [1.82, 2.24) is 9.80 Å². The van der Waals surface area contributed by atoms with Crippen molar-refractivity contribution in [1.29, 1.82) is 0 Å². The van der Waals surface area contributed by atoms with Gasteiger partial charge in [0.15, 0.2) is 0 Å². The first-order chi connectivity index (χ1) is 15.1. The third kappa shape index (κ3) is 4.07. The molecule has 6 nitrogen and oxygen atoms in total. The molecule has 1 unspecified atom stereocenters. The first kappa shape index (κ1) is 20.5. The summed E-state index contributed by atoms with van der Waals surface area (Å²) in [6.07, 6.45) is 1.84. The van der Waals surface area contributed by atoms with E-state index in [0.29, 0.717) is 24.3 Å². The summed E-state index contributed by atoms with van der Waals surface area (Å²) in [4.78, 5) is 32.1. The highest BCUT2D eigenvalue weighted by Crippen LogP contribution is 2.33. The van der Waals surface area contributed by atoms with E-state index in [2.05, 4.69) is 21.9 Å². The molecule has 2 fully saturated rings. The van der Waals surface area contributed by atoms with Gasteiger partial charge in [0.05, 0.1) is 29.5 Å². The molecule has 2 saturated heterocycles. The maximum absolute atomic E-state index is 13.2. The summed E-state index contributed by atoms with van der Waals surface area (Å²) in [7, 11) is 0. The third-order valence-corrected chi connectivity index (χ3v) is 6.67. The second-order valence-electron chi connectivity index (χ2n) is 8.45. The van der Waals surface area contributed by atoms with E-state index in [4.69, 9.17) is 16.3 Å². The molecule has 0 aliphatic carbocycles. The molecule has 0 radical (unpaired) electrons. The SMILES string of the molecule is O=C1c2cccc(N3CCN(Cc4ccc(Cl)cc4)CC3)c2C(=O)N1CC1CCCO1. The number of imide groups is 1. The van der Waals surface area contributed by atoms with E-state index in [0.717, 1.165) is 56.3 Å². The van der Waals surface area contributed by atoms with Crippen LogP contribution in [0.15, 0.2) is 42.5 Å². The van der Waals surface area contributed by atoms with Gasteiger partial charge in [-0.05, 0) is 42.7 Å². The lowest BCUT2D eigenvalue weighted by Crippen LogP contribution is -2.46. The fraction of sp³-hybridized carbons (Fsp3) is 0.417. The third-order valence-electron chi connectivity index (χ3n) is 6.42. The van der Waals surface area contributed by atoms with Crippen molar-refractivity contribution in [3.8, 4) is 0 Å². The number of anilines is 1. The number of rotatable bonds is 5. The van der Waals surface area contributed by atoms with Gasteiger partial charge in [-0.3, -0.25) is 19.4 Å². The van der Waals surface area contributed by atoms with Crippen LogP contribution in [-0.2, 0) is 11.3 Å². The molecule has 0 N–H and O–H groups in total. The topological polar surface area (TPSA) is 53.1 Å². The van der Waals surface area contributed by atoms with Crippen LogP contribution in [0.5, 0.6) is 0 Å². The summed E-state index contributed by atoms with van der Waals surface area (Å²) in [6.45, 7) is 5.36. The largest absolute Gasteiger partial charge is 0.376 e. The minimum Gasteiger partial charge on any atom is -0.376 e. The Morgan fingerprint density at radius 3 is 2.45 bits per heavy atom. The van der Waals surface area contributed by atoms with Crippen molar-refractivity contribution in [2.24, 2.45) is 0 Å². The molecule has 3 aliphatic heterocycles. The number of carbonyl (C=O) groups is 2. The van der Waals surface area contributed by atoms with Crippen LogP contribution in [0.2, 0.25) is 5.02 Å². The molecule has 2 aromatic rings. The quantitative estimate of drug-likeness (QED) is 0.668. The second-order valence-corrected chi connectivity index (χ2v) is 8.88. The molecule has 31 heavy (non-hydrogen) atoms. The first-order valence-electron chi connectivity index (χ1n) is 10.9. The van der Waals surface area contributed by atoms with E-state index in [1.165, 1.54) is 10.5 Å². The molecular weight excluding hydrogens is 414 g/mol. The highest BCUT2D eigenvalue weighted by Gasteiger charge is 2.40. The van der Waals surface area contributed by atoms with E-state index in [1.807, 2.05) is 24.3 Å². The Balaban J connectivity index is 1.28. The van der Waals surface area contributed by atoms with E-state index >= 15 is 0 Å². The highest BCUT2D eigenvalue weighted by molar-refractivity contribution is 6.30. The van der Waals surface area contributed by atoms with Crippen LogP contribution in [0.1, 0.15) is 39.1 Å². The predicted molar refractivity (Wildman–Crippen MR) is 120 cm³/mol. The van der Waals surface area contributed by atoms with Gasteiger partial charge in [-0.2, -0.15) is 0 Å². The van der Waals surface area contributed by atoms with Crippen LogP contribution < -0.4 is 4.90 Å². The molecule has 5 rings (SSSR count). The Morgan fingerprint density at radius 1 is 0.968 bits per heavy atom. The lowest BCUT2D eigenvalue weighted by Gasteiger charge is -2.36. The molecule has 7 heteroatoms. The zero-order chi connectivity index (χ0) is 21.4. The van der Waals surface area contributed by atoms with Crippen LogP contribution in [-0.4, -0.2) is 67.0 Å². The normalized spacial score (nSPS) is 21.8. The van der Waals surface area contributed by atoms with Crippen LogP contribution in [0, 0.1) is 0 Å². The van der Waals surface area contributed by atoms with Gasteiger partial charge in [0.1, 0.15) is 0 Å². The number of halogens is 1. The summed E-state index contributed by atoms with van der Waals surface area (Å²) in [5.74, 6) is -0.381. The smallest absolute Gasteiger partial charge is 0.263 e. The van der Waals surface area contributed by atoms with Crippen molar-refractivity contribution < 1.29 is 14.3 Å². The number of carbonyl (C=O) groups excluding carboxylic acids is 2. The first-order valence-corrected chi connectivity index (χ1v) is 11.3. The molecule has 1 atom stereocenters. The van der Waals surface area contributed by atoms with Crippen molar-refractivity contribution >= 4 is 29.1 Å². The molecule has 3 aliphatic rings. The Morgan fingerprint density at radius 2 is 1.74 bits per heavy atom. The minimum atomic E-state index is -0.196. The van der Waals surface area contributed by atoms with Crippen molar-refractivity contribution in [2.75, 3.05) is 44.2 Å². The standard InChI is InChI=1S/C24H26ClN3O3/c25-18-8-6-17(7-9-18)15-26-10-12-27(13-11-26)21-5-1-4-20-22(21)24(30)28(23(20)29)16-19-3-2-14-31-19/h1,4-9,19H,2-3,10-16H2. The summed E-state index contributed by atoms with van der Waals surface area (Å²) < 4.78 is 5.65. The Hall–Kier alpha value is -2.41. The monoisotopic (exact) mass is 439 g/mol. The lowest BCUT2D eigenvalue weighted by molar-refractivity contribution is 0.0475. The van der Waals surface area contributed by atoms with E-state index in [1.54, 1.807) is 6.07 Å². The molecule has 2 aromatic carbocycles. The number of fused-ring (bicyclic) bond motifs is 1. The van der Waals surface area contributed by atoms with Gasteiger partial charge in [-0.25, -0.2) is 0 Å². The van der Waals surface area contributed by atoms with Crippen molar-refractivity contribution in [3.05, 3.63) is 64.2 Å². The zero-order valence-electron chi connectivity index (χ0n) is 17.4. The fourth-order valence-corrected chi connectivity index (χ4v) is 4.86. The Labute approximate surface area is 187 Å². The van der Waals surface area contributed by atoms with Crippen molar-refractivity contribution in [2.45, 2.75) is 25.5 Å². The summed E-state index contributed by atoms with van der Waals surface area (Å²) in [5.41, 5.74) is 3.18. The number of amides is 2. The average Bonchev–Trinajstić information content (AvgIpc) is 3.39. The van der Waals surface area contributed by atoms with Gasteiger partial charge in [-0.1, -0.05) is 29.8 Å².